The summed E-state index contributed by atoms with van der Waals surface area (Å²) in [5.41, 5.74) is 4.13. The molecule has 2 aliphatic heterocycles. The Morgan fingerprint density at radius 2 is 2.06 bits per heavy atom. The highest BCUT2D eigenvalue weighted by Crippen LogP contribution is 2.37. The summed E-state index contributed by atoms with van der Waals surface area (Å²) in [6.07, 6.45) is 6.19. The summed E-state index contributed by atoms with van der Waals surface area (Å²) in [6.45, 7) is 1.92. The van der Waals surface area contributed by atoms with Crippen LogP contribution in [-0.4, -0.2) is 52.8 Å². The van der Waals surface area contributed by atoms with E-state index in [-0.39, 0.29) is 11.8 Å². The van der Waals surface area contributed by atoms with E-state index in [1.165, 1.54) is 0 Å². The lowest BCUT2D eigenvalue weighted by molar-refractivity contribution is -0.138. The van der Waals surface area contributed by atoms with Crippen LogP contribution in [-0.2, 0) is 11.2 Å². The van der Waals surface area contributed by atoms with Gasteiger partial charge in [0.25, 0.3) is 0 Å². The van der Waals surface area contributed by atoms with Gasteiger partial charge in [-0.15, -0.1) is 0 Å². The lowest BCUT2D eigenvalue weighted by Gasteiger charge is -2.35. The number of hydrogen-bond acceptors (Lipinski definition) is 5. The minimum absolute atomic E-state index is 0.136. The number of carbonyl (C=O) groups excluding carboxylic acids is 1. The van der Waals surface area contributed by atoms with Crippen molar-refractivity contribution in [3.8, 4) is 22.8 Å². The fourth-order valence-electron chi connectivity index (χ4n) is 4.59. The highest BCUT2D eigenvalue weighted by molar-refractivity contribution is 5.80. The Kier molecular flexibility index (Phi) is 5.32. The van der Waals surface area contributed by atoms with Crippen LogP contribution < -0.4 is 9.47 Å². The summed E-state index contributed by atoms with van der Waals surface area (Å²) in [6, 6.07) is 12.0. The van der Waals surface area contributed by atoms with Gasteiger partial charge in [0.15, 0.2) is 11.5 Å². The standard InChI is InChI=1S/C24H26N4O3/c1-30-22-4-2-3-17-13-19(15-31-23(17)22)24(29)28-11-8-16(9-12-28)20-6-5-18(14-25-20)21-7-10-26-27-21/h2-7,10,14,16,19H,8-9,11-13,15H2,1H3,(H,26,27). The molecule has 0 saturated carbocycles. The average Bonchev–Trinajstić information content (AvgIpc) is 3.38. The predicted molar refractivity (Wildman–Crippen MR) is 116 cm³/mol. The molecular formula is C24H26N4O3. The summed E-state index contributed by atoms with van der Waals surface area (Å²) in [5, 5.41) is 6.95. The van der Waals surface area contributed by atoms with Gasteiger partial charge in [0.05, 0.1) is 18.7 Å². The van der Waals surface area contributed by atoms with Crippen molar-refractivity contribution in [3.05, 3.63) is 60.0 Å². The number of benzene rings is 1. The molecule has 31 heavy (non-hydrogen) atoms. The van der Waals surface area contributed by atoms with Crippen LogP contribution in [0.25, 0.3) is 11.3 Å². The number of amides is 1. The smallest absolute Gasteiger partial charge is 0.229 e. The summed E-state index contributed by atoms with van der Waals surface area (Å²) in [7, 11) is 1.64. The van der Waals surface area contributed by atoms with Crippen molar-refractivity contribution in [2.45, 2.75) is 25.2 Å². The number of nitrogens with one attached hydrogen (secondary N) is 1. The maximum Gasteiger partial charge on any atom is 0.229 e. The number of fused-ring (bicyclic) bond motifs is 1. The molecule has 7 nitrogen and oxygen atoms in total. The fourth-order valence-corrected chi connectivity index (χ4v) is 4.59. The molecule has 5 rings (SSSR count). The summed E-state index contributed by atoms with van der Waals surface area (Å²) in [5.74, 6) is 1.94. The van der Waals surface area contributed by atoms with Crippen molar-refractivity contribution in [3.63, 3.8) is 0 Å². The van der Waals surface area contributed by atoms with Crippen molar-refractivity contribution < 1.29 is 14.3 Å². The van der Waals surface area contributed by atoms with Crippen LogP contribution in [0.4, 0.5) is 0 Å². The first-order valence-corrected chi connectivity index (χ1v) is 10.8. The number of pyridine rings is 1. The molecule has 1 N–H and O–H groups in total. The Balaban J connectivity index is 1.19. The average molecular weight is 418 g/mol. The Labute approximate surface area is 181 Å². The number of aromatic amines is 1. The van der Waals surface area contributed by atoms with Crippen molar-refractivity contribution in [1.29, 1.82) is 0 Å². The second kappa shape index (κ2) is 8.41. The second-order valence-electron chi connectivity index (χ2n) is 8.20. The molecule has 4 heterocycles. The molecule has 1 unspecified atom stereocenters. The zero-order valence-electron chi connectivity index (χ0n) is 17.6. The monoisotopic (exact) mass is 418 g/mol. The maximum atomic E-state index is 13.1. The summed E-state index contributed by atoms with van der Waals surface area (Å²) >= 11 is 0. The normalized spacial score (nSPS) is 18.9. The quantitative estimate of drug-likeness (QED) is 0.702. The zero-order valence-corrected chi connectivity index (χ0v) is 17.6. The van der Waals surface area contributed by atoms with Crippen molar-refractivity contribution in [2.75, 3.05) is 26.8 Å². The van der Waals surface area contributed by atoms with Crippen LogP contribution in [0.2, 0.25) is 0 Å². The van der Waals surface area contributed by atoms with Crippen LogP contribution in [0, 0.1) is 5.92 Å². The molecule has 160 valence electrons. The van der Waals surface area contributed by atoms with Gasteiger partial charge in [0.1, 0.15) is 6.61 Å². The Hall–Kier alpha value is -3.35. The maximum absolute atomic E-state index is 13.1. The van der Waals surface area contributed by atoms with Crippen LogP contribution >= 0.6 is 0 Å². The number of rotatable bonds is 4. The van der Waals surface area contributed by atoms with Gasteiger partial charge >= 0.3 is 0 Å². The van der Waals surface area contributed by atoms with E-state index < -0.39 is 0 Å². The van der Waals surface area contributed by atoms with Crippen LogP contribution in [0.1, 0.15) is 30.0 Å². The summed E-state index contributed by atoms with van der Waals surface area (Å²) in [4.78, 5) is 19.8. The lowest BCUT2D eigenvalue weighted by Crippen LogP contribution is -2.44. The van der Waals surface area contributed by atoms with E-state index in [9.17, 15) is 4.79 Å². The third-order valence-electron chi connectivity index (χ3n) is 6.35. The number of hydrogen-bond donors (Lipinski definition) is 1. The molecule has 0 radical (unpaired) electrons. The highest BCUT2D eigenvalue weighted by atomic mass is 16.5. The Morgan fingerprint density at radius 3 is 2.77 bits per heavy atom. The van der Waals surface area contributed by atoms with E-state index in [2.05, 4.69) is 27.3 Å². The molecule has 0 aliphatic carbocycles. The molecular weight excluding hydrogens is 392 g/mol. The lowest BCUT2D eigenvalue weighted by atomic mass is 9.90. The first-order valence-electron chi connectivity index (χ1n) is 10.8. The van der Waals surface area contributed by atoms with Crippen LogP contribution in [0.15, 0.2) is 48.8 Å². The number of nitrogens with zero attached hydrogens (tertiary/aromatic N) is 3. The largest absolute Gasteiger partial charge is 0.493 e. The minimum atomic E-state index is -0.136. The fraction of sp³-hybridized carbons (Fsp3) is 0.375. The molecule has 0 spiro atoms. The van der Waals surface area contributed by atoms with Gasteiger partial charge in [-0.25, -0.2) is 0 Å². The van der Waals surface area contributed by atoms with Gasteiger partial charge in [-0.1, -0.05) is 12.1 Å². The third-order valence-corrected chi connectivity index (χ3v) is 6.35. The number of carbonyl (C=O) groups is 1. The molecule has 1 amide bonds. The van der Waals surface area contributed by atoms with E-state index in [1.807, 2.05) is 35.4 Å². The number of piperidine rings is 1. The predicted octanol–water partition coefficient (Wildman–Crippen LogP) is 3.44. The number of para-hydroxylation sites is 1. The van der Waals surface area contributed by atoms with Gasteiger partial charge in [-0.05, 0) is 49.1 Å². The SMILES string of the molecule is COc1cccc2c1OCC(C(=O)N1CCC(c3ccc(-c4ccn[nH]4)cn3)CC1)C2. The molecule has 0 bridgehead atoms. The molecule has 2 aliphatic rings. The molecule has 1 atom stereocenters. The van der Waals surface area contributed by atoms with Crippen molar-refractivity contribution in [1.82, 2.24) is 20.1 Å². The molecule has 1 fully saturated rings. The minimum Gasteiger partial charge on any atom is -0.493 e. The molecule has 7 heteroatoms. The first-order chi connectivity index (χ1) is 15.2. The number of likely N-dealkylation sites (tertiary alicyclic amines) is 1. The van der Waals surface area contributed by atoms with Gasteiger partial charge in [0.2, 0.25) is 5.91 Å². The van der Waals surface area contributed by atoms with E-state index >= 15 is 0 Å². The van der Waals surface area contributed by atoms with E-state index in [0.717, 1.165) is 59.9 Å². The van der Waals surface area contributed by atoms with Crippen LogP contribution in [0.3, 0.4) is 0 Å². The Morgan fingerprint density at radius 1 is 1.19 bits per heavy atom. The first kappa shape index (κ1) is 19.6. The summed E-state index contributed by atoms with van der Waals surface area (Å²) < 4.78 is 11.3. The van der Waals surface area contributed by atoms with Crippen molar-refractivity contribution in [2.24, 2.45) is 5.92 Å². The Bertz CT molecular complexity index is 1040. The highest BCUT2D eigenvalue weighted by Gasteiger charge is 2.33. The second-order valence-corrected chi connectivity index (χ2v) is 8.20. The third kappa shape index (κ3) is 3.87. The number of methoxy groups -OCH3 is 1. The molecule has 1 aromatic carbocycles. The van der Waals surface area contributed by atoms with Gasteiger partial charge < -0.3 is 14.4 Å². The number of aromatic nitrogens is 3. The van der Waals surface area contributed by atoms with Crippen LogP contribution in [0.5, 0.6) is 11.5 Å². The van der Waals surface area contributed by atoms with Crippen molar-refractivity contribution >= 4 is 5.91 Å². The van der Waals surface area contributed by atoms with E-state index in [4.69, 9.17) is 9.47 Å². The van der Waals surface area contributed by atoms with E-state index in [1.54, 1.807) is 13.3 Å². The number of ether oxygens (including phenoxy) is 2. The molecule has 3 aromatic rings. The number of H-pyrrole nitrogens is 1. The zero-order chi connectivity index (χ0) is 21.2. The topological polar surface area (TPSA) is 80.3 Å². The van der Waals surface area contributed by atoms with Gasteiger partial charge in [-0.2, -0.15) is 5.10 Å². The van der Waals surface area contributed by atoms with Gasteiger partial charge in [0, 0.05) is 42.7 Å². The van der Waals surface area contributed by atoms with Gasteiger partial charge in [-0.3, -0.25) is 14.9 Å². The van der Waals surface area contributed by atoms with E-state index in [0.29, 0.717) is 18.9 Å². The molecule has 1 saturated heterocycles. The molecule has 2 aromatic heterocycles.